The summed E-state index contributed by atoms with van der Waals surface area (Å²) in [7, 11) is 0. The summed E-state index contributed by atoms with van der Waals surface area (Å²) in [6.07, 6.45) is 5.67. The van der Waals surface area contributed by atoms with E-state index in [4.69, 9.17) is 9.47 Å². The minimum atomic E-state index is -0.407. The molecule has 1 aliphatic rings. The average Bonchev–Trinajstić information content (AvgIpc) is 2.71. The van der Waals surface area contributed by atoms with Crippen LogP contribution in [0, 0.1) is 6.92 Å². The Morgan fingerprint density at radius 3 is 2.29 bits per heavy atom. The van der Waals surface area contributed by atoms with Gasteiger partial charge in [0.1, 0.15) is 17.2 Å². The van der Waals surface area contributed by atoms with E-state index in [0.717, 1.165) is 45.4 Å². The highest BCUT2D eigenvalue weighted by Gasteiger charge is 2.24. The van der Waals surface area contributed by atoms with E-state index in [9.17, 15) is 4.79 Å². The number of ether oxygens (including phenoxy) is 2. The normalized spacial score (nSPS) is 12.5. The van der Waals surface area contributed by atoms with Gasteiger partial charge < -0.3 is 9.47 Å². The molecule has 0 saturated heterocycles. The largest absolute Gasteiger partial charge is 0.456 e. The molecule has 1 aliphatic carbocycles. The maximum Gasteiger partial charge on any atom is 0.338 e. The van der Waals surface area contributed by atoms with E-state index in [1.807, 2.05) is 49.4 Å². The van der Waals surface area contributed by atoms with Gasteiger partial charge in [-0.25, -0.2) is 4.79 Å². The molecule has 0 spiro atoms. The lowest BCUT2D eigenvalue weighted by Gasteiger charge is -2.23. The van der Waals surface area contributed by atoms with Gasteiger partial charge in [0.15, 0.2) is 0 Å². The average molecular weight is 370 g/mol. The molecule has 4 rings (SSSR count). The topological polar surface area (TPSA) is 35.5 Å². The first-order valence-corrected chi connectivity index (χ1v) is 9.38. The van der Waals surface area contributed by atoms with Gasteiger partial charge in [0.25, 0.3) is 0 Å². The fourth-order valence-corrected chi connectivity index (χ4v) is 3.50. The number of rotatable bonds is 4. The smallest absolute Gasteiger partial charge is 0.338 e. The molecule has 0 bridgehead atoms. The molecule has 0 aromatic heterocycles. The van der Waals surface area contributed by atoms with E-state index < -0.39 is 5.97 Å². The Bertz CT molecular complexity index is 1110. The van der Waals surface area contributed by atoms with Crippen LogP contribution in [0.15, 0.2) is 72.8 Å². The molecule has 0 unspecified atom stereocenters. The highest BCUT2D eigenvalue weighted by Crippen LogP contribution is 2.45. The number of para-hydroxylation sites is 1. The Balaban J connectivity index is 1.98. The second-order valence-corrected chi connectivity index (χ2v) is 7.13. The minimum Gasteiger partial charge on any atom is -0.456 e. The minimum absolute atomic E-state index is 0.380. The molecule has 0 amide bonds. The number of carbonyl (C=O) groups is 1. The van der Waals surface area contributed by atoms with Gasteiger partial charge in [0.05, 0.1) is 0 Å². The van der Waals surface area contributed by atoms with Crippen molar-refractivity contribution in [3.8, 4) is 17.2 Å². The van der Waals surface area contributed by atoms with Crippen molar-refractivity contribution in [3.05, 3.63) is 89.5 Å². The van der Waals surface area contributed by atoms with Gasteiger partial charge >= 0.3 is 5.97 Å². The Kier molecular flexibility index (Phi) is 4.74. The second-order valence-electron chi connectivity index (χ2n) is 7.13. The Labute approximate surface area is 164 Å². The summed E-state index contributed by atoms with van der Waals surface area (Å²) in [5, 5.41) is 1.82. The Morgan fingerprint density at radius 1 is 0.929 bits per heavy atom. The quantitative estimate of drug-likeness (QED) is 0.242. The molecule has 3 aromatic carbocycles. The SMILES string of the molecule is C=C(C)C(=O)Oc1c2c(c(Oc3ccccc3)c3cc(C)ccc13)CC=CC2. The van der Waals surface area contributed by atoms with Crippen molar-refractivity contribution < 1.29 is 14.3 Å². The van der Waals surface area contributed by atoms with Crippen LogP contribution >= 0.6 is 0 Å². The molecular weight excluding hydrogens is 348 g/mol. The zero-order valence-electron chi connectivity index (χ0n) is 16.1. The summed E-state index contributed by atoms with van der Waals surface area (Å²) in [6.45, 7) is 7.42. The molecule has 0 N–H and O–H groups in total. The van der Waals surface area contributed by atoms with Crippen LogP contribution < -0.4 is 9.47 Å². The molecule has 0 fully saturated rings. The zero-order valence-corrected chi connectivity index (χ0v) is 16.1. The molecule has 3 heteroatoms. The lowest BCUT2D eigenvalue weighted by atomic mass is 9.90. The molecule has 0 heterocycles. The van der Waals surface area contributed by atoms with Gasteiger partial charge in [-0.15, -0.1) is 0 Å². The number of fused-ring (bicyclic) bond motifs is 2. The lowest BCUT2D eigenvalue weighted by molar-refractivity contribution is -0.130. The van der Waals surface area contributed by atoms with Crippen LogP contribution in [-0.4, -0.2) is 5.97 Å². The van der Waals surface area contributed by atoms with Gasteiger partial charge in [-0.05, 0) is 44.9 Å². The van der Waals surface area contributed by atoms with E-state index in [1.165, 1.54) is 0 Å². The number of benzene rings is 3. The third kappa shape index (κ3) is 3.31. The van der Waals surface area contributed by atoms with E-state index >= 15 is 0 Å². The molecule has 0 radical (unpaired) electrons. The number of esters is 1. The van der Waals surface area contributed by atoms with Crippen molar-refractivity contribution in [2.45, 2.75) is 26.7 Å². The van der Waals surface area contributed by atoms with Crippen LogP contribution in [0.4, 0.5) is 0 Å². The summed E-state index contributed by atoms with van der Waals surface area (Å²) < 4.78 is 12.2. The summed E-state index contributed by atoms with van der Waals surface area (Å²) in [5.74, 6) is 1.83. The summed E-state index contributed by atoms with van der Waals surface area (Å²) in [4.78, 5) is 12.3. The van der Waals surface area contributed by atoms with Crippen molar-refractivity contribution >= 4 is 16.7 Å². The lowest BCUT2D eigenvalue weighted by Crippen LogP contribution is -2.13. The molecular formula is C25H22O3. The number of hydrogen-bond acceptors (Lipinski definition) is 3. The number of hydrogen-bond donors (Lipinski definition) is 0. The predicted octanol–water partition coefficient (Wildman–Crippen LogP) is 6.08. The number of aryl methyl sites for hydroxylation is 1. The fraction of sp³-hybridized carbons (Fsp3) is 0.160. The van der Waals surface area contributed by atoms with Crippen molar-refractivity contribution in [2.75, 3.05) is 0 Å². The number of allylic oxidation sites excluding steroid dienone is 2. The first-order valence-electron chi connectivity index (χ1n) is 9.38. The van der Waals surface area contributed by atoms with E-state index in [0.29, 0.717) is 17.7 Å². The number of carbonyl (C=O) groups excluding carboxylic acids is 1. The van der Waals surface area contributed by atoms with Gasteiger partial charge in [-0.2, -0.15) is 0 Å². The van der Waals surface area contributed by atoms with Gasteiger partial charge in [0, 0.05) is 27.5 Å². The van der Waals surface area contributed by atoms with E-state index in [-0.39, 0.29) is 0 Å². The van der Waals surface area contributed by atoms with Gasteiger partial charge in [-0.3, -0.25) is 0 Å². The summed E-state index contributed by atoms with van der Waals surface area (Å²) in [5.41, 5.74) is 3.56. The third-order valence-electron chi connectivity index (χ3n) is 4.89. The van der Waals surface area contributed by atoms with Crippen molar-refractivity contribution in [3.63, 3.8) is 0 Å². The van der Waals surface area contributed by atoms with Crippen molar-refractivity contribution in [1.29, 1.82) is 0 Å². The standard InChI is InChI=1S/C25H22O3/c1-16(2)25(26)28-23-19-11-7-8-12-20(19)24(27-18-9-5-4-6-10-18)22-15-17(3)13-14-21(22)23/h4-10,13-15H,1,11-12H2,2-3H3. The maximum absolute atomic E-state index is 12.3. The molecule has 0 aliphatic heterocycles. The van der Waals surface area contributed by atoms with Crippen LogP contribution in [-0.2, 0) is 17.6 Å². The van der Waals surface area contributed by atoms with Crippen molar-refractivity contribution in [1.82, 2.24) is 0 Å². The summed E-state index contributed by atoms with van der Waals surface area (Å²) in [6, 6.07) is 15.9. The molecule has 0 atom stereocenters. The highest BCUT2D eigenvalue weighted by molar-refractivity contribution is 6.00. The van der Waals surface area contributed by atoms with Crippen LogP contribution in [0.2, 0.25) is 0 Å². The second kappa shape index (κ2) is 7.35. The summed E-state index contributed by atoms with van der Waals surface area (Å²) >= 11 is 0. The molecule has 28 heavy (non-hydrogen) atoms. The third-order valence-corrected chi connectivity index (χ3v) is 4.89. The van der Waals surface area contributed by atoms with E-state index in [2.05, 4.69) is 24.8 Å². The maximum atomic E-state index is 12.3. The monoisotopic (exact) mass is 370 g/mol. The van der Waals surface area contributed by atoms with Crippen LogP contribution in [0.3, 0.4) is 0 Å². The van der Waals surface area contributed by atoms with Crippen LogP contribution in [0.1, 0.15) is 23.6 Å². The fourth-order valence-electron chi connectivity index (χ4n) is 3.50. The molecule has 140 valence electrons. The first kappa shape index (κ1) is 18.1. The van der Waals surface area contributed by atoms with Gasteiger partial charge in [0.2, 0.25) is 0 Å². The zero-order chi connectivity index (χ0) is 19.7. The highest BCUT2D eigenvalue weighted by atomic mass is 16.5. The first-order chi connectivity index (χ1) is 13.5. The van der Waals surface area contributed by atoms with Crippen molar-refractivity contribution in [2.24, 2.45) is 0 Å². The molecule has 0 saturated carbocycles. The Morgan fingerprint density at radius 2 is 1.61 bits per heavy atom. The predicted molar refractivity (Wildman–Crippen MR) is 112 cm³/mol. The molecule has 3 nitrogen and oxygen atoms in total. The van der Waals surface area contributed by atoms with Gasteiger partial charge in [-0.1, -0.05) is 54.6 Å². The van der Waals surface area contributed by atoms with E-state index in [1.54, 1.807) is 6.92 Å². The van der Waals surface area contributed by atoms with Crippen LogP contribution in [0.25, 0.3) is 10.8 Å². The molecule has 3 aromatic rings. The van der Waals surface area contributed by atoms with Crippen LogP contribution in [0.5, 0.6) is 17.2 Å². The Hall–Kier alpha value is -3.33.